The highest BCUT2D eigenvalue weighted by Crippen LogP contribution is 2.16. The molecule has 3 heteroatoms. The number of aryl methyl sites for hydroxylation is 1. The van der Waals surface area contributed by atoms with Crippen molar-refractivity contribution in [2.24, 2.45) is 0 Å². The molecule has 0 radical (unpaired) electrons. The normalized spacial score (nSPS) is 9.79. The monoisotopic (exact) mass is 193 g/mol. The fraction of sp³-hybridized carbons (Fsp3) is 0.364. The number of carbonyl (C=O) groups excluding carboxylic acids is 1. The number of carboxylic acid groups (broad SMARTS) is 1. The molecule has 0 saturated heterocycles. The summed E-state index contributed by atoms with van der Waals surface area (Å²) in [6, 6.07) is 7.65. The average Bonchev–Trinajstić information content (AvgIpc) is 2.15. The van der Waals surface area contributed by atoms with Crippen LogP contribution in [0.2, 0.25) is 0 Å². The molecule has 0 heterocycles. The summed E-state index contributed by atoms with van der Waals surface area (Å²) < 4.78 is 5.40. The molecule has 0 bridgehead atoms. The van der Waals surface area contributed by atoms with E-state index in [9.17, 15) is 9.90 Å². The quantitative estimate of drug-likeness (QED) is 0.653. The van der Waals surface area contributed by atoms with E-state index in [0.717, 1.165) is 11.3 Å². The van der Waals surface area contributed by atoms with Gasteiger partial charge in [0.2, 0.25) is 0 Å². The van der Waals surface area contributed by atoms with Crippen LogP contribution in [0, 0.1) is 6.92 Å². The Balaban J connectivity index is 2.31. The van der Waals surface area contributed by atoms with Gasteiger partial charge in [-0.1, -0.05) is 18.2 Å². The molecule has 0 unspecified atom stereocenters. The van der Waals surface area contributed by atoms with Gasteiger partial charge in [0.25, 0.3) is 0 Å². The fourth-order valence-electron chi connectivity index (χ4n) is 1.12. The van der Waals surface area contributed by atoms with E-state index in [0.29, 0.717) is 13.0 Å². The summed E-state index contributed by atoms with van der Waals surface area (Å²) in [7, 11) is 0. The Morgan fingerprint density at radius 2 is 2.14 bits per heavy atom. The van der Waals surface area contributed by atoms with E-state index in [1.807, 2.05) is 31.2 Å². The molecule has 76 valence electrons. The molecule has 0 spiro atoms. The number of benzene rings is 1. The number of carboxylic acids is 1. The number of hydrogen-bond donors (Lipinski definition) is 0. The van der Waals surface area contributed by atoms with Crippen molar-refractivity contribution in [1.29, 1.82) is 0 Å². The SMILES string of the molecule is Cc1ccccc1OCCCC(=O)[O-]. The van der Waals surface area contributed by atoms with Crippen molar-refractivity contribution in [2.45, 2.75) is 19.8 Å². The van der Waals surface area contributed by atoms with Gasteiger partial charge in [0.1, 0.15) is 5.75 Å². The lowest BCUT2D eigenvalue weighted by Crippen LogP contribution is -2.22. The Morgan fingerprint density at radius 3 is 2.79 bits per heavy atom. The third kappa shape index (κ3) is 3.47. The molecule has 0 aromatic heterocycles. The predicted octanol–water partition coefficient (Wildman–Crippen LogP) is 0.904. The largest absolute Gasteiger partial charge is 0.550 e. The van der Waals surface area contributed by atoms with Gasteiger partial charge >= 0.3 is 0 Å². The standard InChI is InChI=1S/C11H14O3/c1-9-5-2-3-6-10(9)14-8-4-7-11(12)13/h2-3,5-6H,4,7-8H2,1H3,(H,12,13)/p-1. The number of para-hydroxylation sites is 1. The number of hydrogen-bond acceptors (Lipinski definition) is 3. The van der Waals surface area contributed by atoms with E-state index >= 15 is 0 Å². The van der Waals surface area contributed by atoms with Crippen LogP contribution in [0.1, 0.15) is 18.4 Å². The summed E-state index contributed by atoms with van der Waals surface area (Å²) >= 11 is 0. The van der Waals surface area contributed by atoms with Crippen LogP contribution < -0.4 is 9.84 Å². The maximum Gasteiger partial charge on any atom is 0.122 e. The van der Waals surface area contributed by atoms with Gasteiger partial charge in [-0.15, -0.1) is 0 Å². The molecule has 1 rings (SSSR count). The van der Waals surface area contributed by atoms with Crippen molar-refractivity contribution in [3.63, 3.8) is 0 Å². The van der Waals surface area contributed by atoms with E-state index in [1.165, 1.54) is 0 Å². The molecule has 0 amide bonds. The van der Waals surface area contributed by atoms with Crippen LogP contribution in [0.25, 0.3) is 0 Å². The molecule has 3 nitrogen and oxygen atoms in total. The number of ether oxygens (including phenoxy) is 1. The highest BCUT2D eigenvalue weighted by molar-refractivity contribution is 5.64. The molecule has 0 aliphatic heterocycles. The summed E-state index contributed by atoms with van der Waals surface area (Å²) in [4.78, 5) is 10.1. The zero-order chi connectivity index (χ0) is 10.4. The number of rotatable bonds is 5. The fourth-order valence-corrected chi connectivity index (χ4v) is 1.12. The first-order valence-corrected chi connectivity index (χ1v) is 4.58. The average molecular weight is 193 g/mol. The van der Waals surface area contributed by atoms with E-state index in [4.69, 9.17) is 4.74 Å². The van der Waals surface area contributed by atoms with Gasteiger partial charge in [0, 0.05) is 5.97 Å². The minimum absolute atomic E-state index is 0.0475. The van der Waals surface area contributed by atoms with E-state index in [1.54, 1.807) is 0 Å². The minimum atomic E-state index is -1.03. The summed E-state index contributed by atoms with van der Waals surface area (Å²) in [6.07, 6.45) is 0.530. The van der Waals surface area contributed by atoms with Gasteiger partial charge in [0.15, 0.2) is 0 Å². The third-order valence-corrected chi connectivity index (χ3v) is 1.88. The van der Waals surface area contributed by atoms with Crippen molar-refractivity contribution in [3.05, 3.63) is 29.8 Å². The lowest BCUT2D eigenvalue weighted by atomic mass is 10.2. The molecule has 0 aliphatic carbocycles. The second-order valence-corrected chi connectivity index (χ2v) is 3.09. The van der Waals surface area contributed by atoms with Crippen LogP contribution in [0.5, 0.6) is 5.75 Å². The molecule has 0 N–H and O–H groups in total. The molecule has 1 aromatic carbocycles. The first-order valence-electron chi connectivity index (χ1n) is 4.58. The summed E-state index contributed by atoms with van der Waals surface area (Å²) in [5.41, 5.74) is 1.06. The second-order valence-electron chi connectivity index (χ2n) is 3.09. The van der Waals surface area contributed by atoms with Crippen LogP contribution in [-0.4, -0.2) is 12.6 Å². The maximum atomic E-state index is 10.1. The maximum absolute atomic E-state index is 10.1. The molecular formula is C11H13O3-. The van der Waals surface area contributed by atoms with Crippen LogP contribution in [0.3, 0.4) is 0 Å². The van der Waals surface area contributed by atoms with Gasteiger partial charge in [0.05, 0.1) is 6.61 Å². The molecule has 0 fully saturated rings. The summed E-state index contributed by atoms with van der Waals surface area (Å²) in [5.74, 6) is -0.218. The van der Waals surface area contributed by atoms with E-state index in [2.05, 4.69) is 0 Å². The third-order valence-electron chi connectivity index (χ3n) is 1.88. The second kappa shape index (κ2) is 5.27. The molecule has 14 heavy (non-hydrogen) atoms. The Hall–Kier alpha value is -1.51. The first kappa shape index (κ1) is 10.6. The van der Waals surface area contributed by atoms with Crippen LogP contribution in [0.4, 0.5) is 0 Å². The Kier molecular flexibility index (Phi) is 3.98. The number of carbonyl (C=O) groups is 1. The highest BCUT2D eigenvalue weighted by atomic mass is 16.5. The Bertz CT molecular complexity index is 307. The first-order chi connectivity index (χ1) is 6.70. The predicted molar refractivity (Wildman–Crippen MR) is 50.9 cm³/mol. The zero-order valence-corrected chi connectivity index (χ0v) is 8.16. The van der Waals surface area contributed by atoms with Gasteiger partial charge in [-0.05, 0) is 31.4 Å². The smallest absolute Gasteiger partial charge is 0.122 e. The topological polar surface area (TPSA) is 49.4 Å². The van der Waals surface area contributed by atoms with Crippen molar-refractivity contribution >= 4 is 5.97 Å². The lowest BCUT2D eigenvalue weighted by molar-refractivity contribution is -0.305. The summed E-state index contributed by atoms with van der Waals surface area (Å²) in [6.45, 7) is 2.37. The van der Waals surface area contributed by atoms with Gasteiger partial charge < -0.3 is 14.6 Å². The van der Waals surface area contributed by atoms with E-state index in [-0.39, 0.29) is 6.42 Å². The van der Waals surface area contributed by atoms with Crippen molar-refractivity contribution < 1.29 is 14.6 Å². The Labute approximate surface area is 83.3 Å². The van der Waals surface area contributed by atoms with Gasteiger partial charge in [-0.3, -0.25) is 0 Å². The summed E-state index contributed by atoms with van der Waals surface area (Å²) in [5, 5.41) is 10.1. The molecule has 0 aliphatic rings. The zero-order valence-electron chi connectivity index (χ0n) is 8.16. The molecule has 1 aromatic rings. The highest BCUT2D eigenvalue weighted by Gasteiger charge is 1.96. The van der Waals surface area contributed by atoms with Crippen molar-refractivity contribution in [2.75, 3.05) is 6.61 Å². The minimum Gasteiger partial charge on any atom is -0.550 e. The van der Waals surface area contributed by atoms with Crippen LogP contribution >= 0.6 is 0 Å². The Morgan fingerprint density at radius 1 is 1.43 bits per heavy atom. The van der Waals surface area contributed by atoms with Gasteiger partial charge in [-0.2, -0.15) is 0 Å². The molecular weight excluding hydrogens is 180 g/mol. The van der Waals surface area contributed by atoms with Crippen LogP contribution in [0.15, 0.2) is 24.3 Å². The van der Waals surface area contributed by atoms with Crippen LogP contribution in [-0.2, 0) is 4.79 Å². The van der Waals surface area contributed by atoms with Crippen molar-refractivity contribution in [3.8, 4) is 5.75 Å². The lowest BCUT2D eigenvalue weighted by Gasteiger charge is -2.08. The molecule has 0 saturated carbocycles. The molecule has 0 atom stereocenters. The number of aliphatic carboxylic acids is 1. The van der Waals surface area contributed by atoms with Crippen molar-refractivity contribution in [1.82, 2.24) is 0 Å². The van der Waals surface area contributed by atoms with E-state index < -0.39 is 5.97 Å². The van der Waals surface area contributed by atoms with Gasteiger partial charge in [-0.25, -0.2) is 0 Å².